The summed E-state index contributed by atoms with van der Waals surface area (Å²) in [6.07, 6.45) is 1.49. The van der Waals surface area contributed by atoms with E-state index in [1.807, 2.05) is 0 Å². The van der Waals surface area contributed by atoms with E-state index in [0.717, 1.165) is 10.4 Å². The average Bonchev–Trinajstić information content (AvgIpc) is 3.30. The fraction of sp³-hybridized carbons (Fsp3) is 0.304. The van der Waals surface area contributed by atoms with Crippen LogP contribution in [0.25, 0.3) is 11.1 Å². The standard InChI is InChI=1S/C23H24ClFN4O5/c1-23(13-30,22(32)33)11-17(26-21(31)20-12-29(34-2)28-27-20)9-14-3-5-15(6-4-14)18-10-16(24)7-8-19(18)25/h3-8,10,12,17,30H,9,11,13H2,1-2H3,(H,26,31)(H,32,33). The molecule has 0 radical (unpaired) electrons. The first-order valence-corrected chi connectivity index (χ1v) is 10.7. The SMILES string of the molecule is COn1cc(C(=O)NC(Cc2ccc(-c3cc(Cl)ccc3F)cc2)CC(C)(CO)C(=O)O)nn1. The van der Waals surface area contributed by atoms with Gasteiger partial charge in [-0.3, -0.25) is 9.59 Å². The van der Waals surface area contributed by atoms with Gasteiger partial charge in [-0.2, -0.15) is 0 Å². The van der Waals surface area contributed by atoms with Gasteiger partial charge < -0.3 is 20.4 Å². The Kier molecular flexibility index (Phi) is 7.85. The number of aliphatic carboxylic acids is 1. The maximum atomic E-state index is 14.2. The molecule has 2 unspecified atom stereocenters. The molecule has 34 heavy (non-hydrogen) atoms. The van der Waals surface area contributed by atoms with Gasteiger partial charge in [-0.25, -0.2) is 4.39 Å². The molecule has 0 aliphatic heterocycles. The number of carboxylic acid groups (broad SMARTS) is 1. The molecule has 11 heteroatoms. The van der Waals surface area contributed by atoms with Crippen molar-refractivity contribution in [3.8, 4) is 11.1 Å². The molecule has 2 atom stereocenters. The van der Waals surface area contributed by atoms with Gasteiger partial charge in [-0.05, 0) is 54.3 Å². The Bertz CT molecular complexity index is 1170. The third-order valence-corrected chi connectivity index (χ3v) is 5.70. The van der Waals surface area contributed by atoms with E-state index in [-0.39, 0.29) is 18.5 Å². The number of aromatic nitrogens is 3. The number of carbonyl (C=O) groups is 2. The number of carboxylic acids is 1. The van der Waals surface area contributed by atoms with E-state index < -0.39 is 35.8 Å². The second kappa shape index (κ2) is 10.6. The van der Waals surface area contributed by atoms with Gasteiger partial charge in [-0.15, -0.1) is 5.10 Å². The zero-order valence-electron chi connectivity index (χ0n) is 18.5. The van der Waals surface area contributed by atoms with Crippen LogP contribution in [0.2, 0.25) is 5.02 Å². The van der Waals surface area contributed by atoms with Crippen molar-refractivity contribution >= 4 is 23.5 Å². The molecular formula is C23H24ClFN4O5. The number of carbonyl (C=O) groups excluding carboxylic acids is 1. The molecule has 0 aliphatic rings. The summed E-state index contributed by atoms with van der Waals surface area (Å²) in [5.74, 6) is -2.17. The van der Waals surface area contributed by atoms with Crippen LogP contribution < -0.4 is 10.2 Å². The Morgan fingerprint density at radius 1 is 1.26 bits per heavy atom. The van der Waals surface area contributed by atoms with Gasteiger partial charge in [0.15, 0.2) is 5.69 Å². The second-order valence-electron chi connectivity index (χ2n) is 8.11. The minimum absolute atomic E-state index is 0.0142. The molecule has 3 aromatic rings. The van der Waals surface area contributed by atoms with Gasteiger partial charge in [0.1, 0.15) is 19.1 Å². The zero-order chi connectivity index (χ0) is 24.9. The Balaban J connectivity index is 1.83. The van der Waals surface area contributed by atoms with Crippen LogP contribution in [0, 0.1) is 11.2 Å². The van der Waals surface area contributed by atoms with Crippen molar-refractivity contribution in [3.63, 3.8) is 0 Å². The maximum Gasteiger partial charge on any atom is 0.311 e. The monoisotopic (exact) mass is 490 g/mol. The van der Waals surface area contributed by atoms with Gasteiger partial charge in [0.05, 0.1) is 12.0 Å². The zero-order valence-corrected chi connectivity index (χ0v) is 19.3. The molecule has 0 saturated heterocycles. The molecule has 0 saturated carbocycles. The van der Waals surface area contributed by atoms with Crippen LogP contribution in [0.3, 0.4) is 0 Å². The predicted molar refractivity (Wildman–Crippen MR) is 122 cm³/mol. The van der Waals surface area contributed by atoms with Crippen LogP contribution in [-0.2, 0) is 11.2 Å². The lowest BCUT2D eigenvalue weighted by atomic mass is 9.82. The lowest BCUT2D eigenvalue weighted by Crippen LogP contribution is -2.44. The lowest BCUT2D eigenvalue weighted by Gasteiger charge is -2.28. The molecule has 1 aromatic heterocycles. The minimum Gasteiger partial charge on any atom is -0.481 e. The summed E-state index contributed by atoms with van der Waals surface area (Å²) in [6.45, 7) is 0.794. The van der Waals surface area contributed by atoms with Crippen LogP contribution in [0.4, 0.5) is 4.39 Å². The molecule has 1 heterocycles. The van der Waals surface area contributed by atoms with E-state index in [0.29, 0.717) is 16.1 Å². The number of amides is 1. The summed E-state index contributed by atoms with van der Waals surface area (Å²) in [5.41, 5.74) is 0.240. The smallest absolute Gasteiger partial charge is 0.311 e. The number of halogens is 2. The van der Waals surface area contributed by atoms with Gasteiger partial charge in [0, 0.05) is 16.6 Å². The van der Waals surface area contributed by atoms with E-state index in [4.69, 9.17) is 16.4 Å². The molecule has 3 N–H and O–H groups in total. The van der Waals surface area contributed by atoms with Crippen molar-refractivity contribution in [2.45, 2.75) is 25.8 Å². The Labute approximate surface area is 200 Å². The summed E-state index contributed by atoms with van der Waals surface area (Å²) in [6, 6.07) is 10.6. The first kappa shape index (κ1) is 25.1. The highest BCUT2D eigenvalue weighted by atomic mass is 35.5. The van der Waals surface area contributed by atoms with Crippen molar-refractivity contribution in [3.05, 3.63) is 70.8 Å². The largest absolute Gasteiger partial charge is 0.481 e. The third kappa shape index (κ3) is 5.89. The fourth-order valence-corrected chi connectivity index (χ4v) is 3.63. The Morgan fingerprint density at radius 3 is 2.56 bits per heavy atom. The number of nitrogens with one attached hydrogen (secondary N) is 1. The molecule has 0 fully saturated rings. The second-order valence-corrected chi connectivity index (χ2v) is 8.55. The highest BCUT2D eigenvalue weighted by molar-refractivity contribution is 6.30. The van der Waals surface area contributed by atoms with E-state index in [2.05, 4.69) is 15.6 Å². The first-order chi connectivity index (χ1) is 16.1. The van der Waals surface area contributed by atoms with Crippen LogP contribution >= 0.6 is 11.6 Å². The van der Waals surface area contributed by atoms with Crippen LogP contribution in [0.15, 0.2) is 48.7 Å². The molecular weight excluding hydrogens is 467 g/mol. The maximum absolute atomic E-state index is 14.2. The molecule has 0 bridgehead atoms. The normalized spacial score (nSPS) is 13.7. The van der Waals surface area contributed by atoms with Gasteiger partial charge in [0.25, 0.3) is 5.91 Å². The molecule has 1 amide bonds. The number of aliphatic hydroxyl groups is 1. The Morgan fingerprint density at radius 2 is 1.97 bits per heavy atom. The average molecular weight is 491 g/mol. The highest BCUT2D eigenvalue weighted by Gasteiger charge is 2.36. The number of aliphatic hydroxyl groups excluding tert-OH is 1. The van der Waals surface area contributed by atoms with Gasteiger partial charge in [0.2, 0.25) is 0 Å². The molecule has 9 nitrogen and oxygen atoms in total. The lowest BCUT2D eigenvalue weighted by molar-refractivity contribution is -0.151. The number of benzene rings is 2. The minimum atomic E-state index is -1.48. The van der Waals surface area contributed by atoms with Crippen LogP contribution in [-0.4, -0.2) is 57.0 Å². The van der Waals surface area contributed by atoms with Crippen LogP contribution in [0.5, 0.6) is 0 Å². The molecule has 0 aliphatic carbocycles. The predicted octanol–water partition coefficient (Wildman–Crippen LogP) is 2.61. The number of nitrogens with zero attached hydrogens (tertiary/aromatic N) is 3. The van der Waals surface area contributed by atoms with Crippen LogP contribution in [0.1, 0.15) is 29.4 Å². The van der Waals surface area contributed by atoms with Crippen molar-refractivity contribution in [2.24, 2.45) is 5.41 Å². The van der Waals surface area contributed by atoms with E-state index in [9.17, 15) is 24.2 Å². The van der Waals surface area contributed by atoms with Crippen molar-refractivity contribution < 1.29 is 29.0 Å². The summed E-state index contributed by atoms with van der Waals surface area (Å²) >= 11 is 5.98. The van der Waals surface area contributed by atoms with E-state index in [1.165, 1.54) is 38.4 Å². The summed E-state index contributed by atoms with van der Waals surface area (Å²) in [4.78, 5) is 30.3. The highest BCUT2D eigenvalue weighted by Crippen LogP contribution is 2.28. The van der Waals surface area contributed by atoms with Crippen molar-refractivity contribution in [1.29, 1.82) is 0 Å². The summed E-state index contributed by atoms with van der Waals surface area (Å²) in [5, 5.41) is 29.8. The summed E-state index contributed by atoms with van der Waals surface area (Å²) in [7, 11) is 1.36. The number of hydrogen-bond donors (Lipinski definition) is 3. The summed E-state index contributed by atoms with van der Waals surface area (Å²) < 4.78 is 14.2. The molecule has 180 valence electrons. The van der Waals surface area contributed by atoms with Gasteiger partial charge in [-0.1, -0.05) is 40.7 Å². The quantitative estimate of drug-likeness (QED) is 0.398. The topological polar surface area (TPSA) is 127 Å². The third-order valence-electron chi connectivity index (χ3n) is 5.47. The first-order valence-electron chi connectivity index (χ1n) is 10.3. The number of rotatable bonds is 10. The molecule has 3 rings (SSSR count). The van der Waals surface area contributed by atoms with Crippen molar-refractivity contribution in [2.75, 3.05) is 13.7 Å². The fourth-order valence-electron chi connectivity index (χ4n) is 3.46. The molecule has 2 aromatic carbocycles. The van der Waals surface area contributed by atoms with E-state index in [1.54, 1.807) is 24.3 Å². The van der Waals surface area contributed by atoms with Gasteiger partial charge >= 0.3 is 5.97 Å². The molecule has 0 spiro atoms. The van der Waals surface area contributed by atoms with Crippen molar-refractivity contribution in [1.82, 2.24) is 20.5 Å². The number of hydrogen-bond acceptors (Lipinski definition) is 6. The Hall–Kier alpha value is -3.50. The van der Waals surface area contributed by atoms with E-state index >= 15 is 0 Å².